The zero-order valence-electron chi connectivity index (χ0n) is 16.6. The molecule has 0 spiro atoms. The van der Waals surface area contributed by atoms with Crippen LogP contribution in [0, 0.1) is 11.8 Å². The monoisotopic (exact) mass is 465 g/mol. The van der Waals surface area contributed by atoms with E-state index in [-0.39, 0.29) is 30.1 Å². The van der Waals surface area contributed by atoms with E-state index in [1.54, 1.807) is 7.05 Å². The third kappa shape index (κ3) is 9.44. The van der Waals surface area contributed by atoms with Crippen LogP contribution in [0.25, 0.3) is 0 Å². The first-order valence-corrected chi connectivity index (χ1v) is 9.04. The van der Waals surface area contributed by atoms with Crippen LogP contribution < -0.4 is 10.6 Å². The van der Waals surface area contributed by atoms with Crippen molar-refractivity contribution in [2.45, 2.75) is 60.2 Å². The Kier molecular flexibility index (Phi) is 12.9. The van der Waals surface area contributed by atoms with Gasteiger partial charge in [-0.3, -0.25) is 4.99 Å². The molecule has 0 bridgehead atoms. The lowest BCUT2D eigenvalue weighted by Crippen LogP contribution is -2.39. The van der Waals surface area contributed by atoms with E-state index in [9.17, 15) is 0 Å². The van der Waals surface area contributed by atoms with Gasteiger partial charge in [0.15, 0.2) is 5.96 Å². The smallest absolute Gasteiger partial charge is 0.191 e. The van der Waals surface area contributed by atoms with Crippen molar-refractivity contribution in [3.8, 4) is 0 Å². The van der Waals surface area contributed by atoms with Gasteiger partial charge in [0.25, 0.3) is 0 Å². The molecule has 0 aliphatic heterocycles. The summed E-state index contributed by atoms with van der Waals surface area (Å²) in [5.41, 5.74) is 0. The summed E-state index contributed by atoms with van der Waals surface area (Å²) in [7, 11) is 1.79. The quantitative estimate of drug-likeness (QED) is 0.316. The molecule has 0 saturated heterocycles. The number of hydrogen-bond donors (Lipinski definition) is 2. The number of ether oxygens (including phenoxy) is 1. The largest absolute Gasteiger partial charge is 0.378 e. The molecule has 1 rings (SSSR count). The fraction of sp³-hybridized carbons (Fsp3) is 0.778. The molecule has 1 aromatic heterocycles. The van der Waals surface area contributed by atoms with E-state index in [1.807, 2.05) is 19.3 Å². The van der Waals surface area contributed by atoms with E-state index in [1.165, 1.54) is 0 Å². The van der Waals surface area contributed by atoms with Gasteiger partial charge < -0.3 is 19.9 Å². The van der Waals surface area contributed by atoms with Gasteiger partial charge in [-0.05, 0) is 25.2 Å². The molecule has 0 radical (unpaired) electrons. The average molecular weight is 465 g/mol. The molecule has 6 nitrogen and oxygen atoms in total. The van der Waals surface area contributed by atoms with Gasteiger partial charge in [-0.25, -0.2) is 4.98 Å². The highest BCUT2D eigenvalue weighted by Gasteiger charge is 2.13. The van der Waals surface area contributed by atoms with Crippen LogP contribution in [0.2, 0.25) is 0 Å². The number of halogens is 1. The van der Waals surface area contributed by atoms with Crippen LogP contribution in [0.4, 0.5) is 0 Å². The fourth-order valence-electron chi connectivity index (χ4n) is 2.61. The van der Waals surface area contributed by atoms with Gasteiger partial charge in [0, 0.05) is 39.1 Å². The molecule has 0 aliphatic carbocycles. The molecule has 0 aliphatic rings. The van der Waals surface area contributed by atoms with E-state index in [4.69, 9.17) is 4.74 Å². The predicted molar refractivity (Wildman–Crippen MR) is 116 cm³/mol. The van der Waals surface area contributed by atoms with Crippen molar-refractivity contribution in [3.05, 3.63) is 18.2 Å². The fourth-order valence-corrected chi connectivity index (χ4v) is 2.61. The van der Waals surface area contributed by atoms with Crippen molar-refractivity contribution in [3.63, 3.8) is 0 Å². The Balaban J connectivity index is 0.00000576. The number of aliphatic imine (C=N–C) groups is 1. The predicted octanol–water partition coefficient (Wildman–Crippen LogP) is 3.27. The number of rotatable bonds is 10. The third-order valence-electron chi connectivity index (χ3n) is 3.85. The minimum atomic E-state index is 0. The van der Waals surface area contributed by atoms with Gasteiger partial charge in [0.2, 0.25) is 0 Å². The lowest BCUT2D eigenvalue weighted by atomic mass is 10.0. The van der Waals surface area contributed by atoms with Crippen LogP contribution in [-0.4, -0.2) is 41.8 Å². The summed E-state index contributed by atoms with van der Waals surface area (Å²) in [6, 6.07) is 0. The van der Waals surface area contributed by atoms with Crippen LogP contribution >= 0.6 is 24.0 Å². The minimum Gasteiger partial charge on any atom is -0.378 e. The standard InChI is InChI=1S/C18H35N5O.HI/c1-7-24-16(15(4)5)8-9-21-18(19-6)22-12-17-20-10-11-23(17)13-14(2)3;/h10-11,14-16H,7-9,12-13H2,1-6H3,(H2,19,21,22);1H. The lowest BCUT2D eigenvalue weighted by Gasteiger charge is -2.21. The summed E-state index contributed by atoms with van der Waals surface area (Å²) in [4.78, 5) is 8.71. The summed E-state index contributed by atoms with van der Waals surface area (Å²) in [6.07, 6.45) is 5.13. The molecule has 1 atom stereocenters. The summed E-state index contributed by atoms with van der Waals surface area (Å²) >= 11 is 0. The van der Waals surface area contributed by atoms with E-state index in [2.05, 4.69) is 52.9 Å². The number of aromatic nitrogens is 2. The van der Waals surface area contributed by atoms with Crippen LogP contribution in [0.15, 0.2) is 17.4 Å². The van der Waals surface area contributed by atoms with Crippen molar-refractivity contribution in [2.24, 2.45) is 16.8 Å². The van der Waals surface area contributed by atoms with E-state index in [0.29, 0.717) is 18.4 Å². The molecular weight excluding hydrogens is 429 g/mol. The average Bonchev–Trinajstić information content (AvgIpc) is 2.95. The van der Waals surface area contributed by atoms with Gasteiger partial charge in [-0.1, -0.05) is 27.7 Å². The first-order chi connectivity index (χ1) is 11.5. The highest BCUT2D eigenvalue weighted by molar-refractivity contribution is 14.0. The molecule has 0 saturated carbocycles. The first kappa shape index (κ1) is 24.2. The number of hydrogen-bond acceptors (Lipinski definition) is 3. The number of nitrogens with one attached hydrogen (secondary N) is 2. The molecule has 0 fully saturated rings. The Bertz CT molecular complexity index is 488. The van der Waals surface area contributed by atoms with Crippen molar-refractivity contribution < 1.29 is 4.74 Å². The zero-order valence-corrected chi connectivity index (χ0v) is 18.9. The Hall–Kier alpha value is -0.830. The summed E-state index contributed by atoms with van der Waals surface area (Å²) in [5, 5.41) is 6.69. The maximum absolute atomic E-state index is 5.78. The molecule has 2 N–H and O–H groups in total. The maximum atomic E-state index is 5.78. The molecule has 1 heterocycles. The van der Waals surface area contributed by atoms with Gasteiger partial charge in [0.05, 0.1) is 12.6 Å². The van der Waals surface area contributed by atoms with Crippen molar-refractivity contribution >= 4 is 29.9 Å². The first-order valence-electron chi connectivity index (χ1n) is 9.04. The summed E-state index contributed by atoms with van der Waals surface area (Å²) in [5.74, 6) is 2.95. The van der Waals surface area contributed by atoms with Gasteiger partial charge in [-0.2, -0.15) is 0 Å². The Morgan fingerprint density at radius 3 is 2.56 bits per heavy atom. The molecule has 0 aromatic carbocycles. The van der Waals surface area contributed by atoms with Crippen LogP contribution in [0.5, 0.6) is 0 Å². The molecule has 25 heavy (non-hydrogen) atoms. The Labute approximate surface area is 170 Å². The second-order valence-electron chi connectivity index (χ2n) is 6.77. The van der Waals surface area contributed by atoms with E-state index >= 15 is 0 Å². The SMILES string of the molecule is CCOC(CCNC(=NC)NCc1nccn1CC(C)C)C(C)C.I. The molecule has 1 unspecified atom stereocenters. The molecule has 146 valence electrons. The third-order valence-corrected chi connectivity index (χ3v) is 3.85. The topological polar surface area (TPSA) is 63.5 Å². The number of nitrogens with zero attached hydrogens (tertiary/aromatic N) is 3. The Morgan fingerprint density at radius 1 is 1.28 bits per heavy atom. The van der Waals surface area contributed by atoms with Gasteiger partial charge in [0.1, 0.15) is 5.82 Å². The van der Waals surface area contributed by atoms with Crippen LogP contribution in [0.1, 0.15) is 46.9 Å². The number of guanidine groups is 1. The normalized spacial score (nSPS) is 13.0. The Morgan fingerprint density at radius 2 is 2.00 bits per heavy atom. The van der Waals surface area contributed by atoms with Crippen molar-refractivity contribution in [1.82, 2.24) is 20.2 Å². The summed E-state index contributed by atoms with van der Waals surface area (Å²) < 4.78 is 7.97. The van der Waals surface area contributed by atoms with Crippen LogP contribution in [-0.2, 0) is 17.8 Å². The zero-order chi connectivity index (χ0) is 17.9. The van der Waals surface area contributed by atoms with Crippen molar-refractivity contribution in [2.75, 3.05) is 20.2 Å². The molecule has 1 aromatic rings. The summed E-state index contributed by atoms with van der Waals surface area (Å²) in [6.45, 7) is 14.1. The van der Waals surface area contributed by atoms with Gasteiger partial charge >= 0.3 is 0 Å². The molecule has 7 heteroatoms. The van der Waals surface area contributed by atoms with Crippen LogP contribution in [0.3, 0.4) is 0 Å². The second-order valence-corrected chi connectivity index (χ2v) is 6.77. The minimum absolute atomic E-state index is 0. The van der Waals surface area contributed by atoms with E-state index < -0.39 is 0 Å². The highest BCUT2D eigenvalue weighted by Crippen LogP contribution is 2.10. The second kappa shape index (κ2) is 13.4. The maximum Gasteiger partial charge on any atom is 0.191 e. The lowest BCUT2D eigenvalue weighted by molar-refractivity contribution is 0.0258. The van der Waals surface area contributed by atoms with Gasteiger partial charge in [-0.15, -0.1) is 24.0 Å². The highest BCUT2D eigenvalue weighted by atomic mass is 127. The molecule has 0 amide bonds. The van der Waals surface area contributed by atoms with Crippen molar-refractivity contribution in [1.29, 1.82) is 0 Å². The van der Waals surface area contributed by atoms with E-state index in [0.717, 1.165) is 37.9 Å². The number of imidazole rings is 1. The molecular formula is C18H36IN5O.